The summed E-state index contributed by atoms with van der Waals surface area (Å²) in [5.41, 5.74) is 8.17. The summed E-state index contributed by atoms with van der Waals surface area (Å²) in [5, 5.41) is 14.2. The number of aromatic hydroxyl groups is 1. The summed E-state index contributed by atoms with van der Waals surface area (Å²) in [6.07, 6.45) is 0.498. The van der Waals surface area contributed by atoms with Crippen LogP contribution in [0.5, 0.6) is 5.75 Å². The minimum atomic E-state index is 0.264. The quantitative estimate of drug-likeness (QED) is 0.742. The third kappa shape index (κ3) is 2.15. The number of hydrogen-bond donors (Lipinski definition) is 2. The van der Waals surface area contributed by atoms with E-state index in [0.29, 0.717) is 18.8 Å². The van der Waals surface area contributed by atoms with Crippen molar-refractivity contribution in [2.24, 2.45) is 5.73 Å². The molecule has 19 heavy (non-hydrogen) atoms. The van der Waals surface area contributed by atoms with Crippen molar-refractivity contribution in [3.8, 4) is 5.75 Å². The van der Waals surface area contributed by atoms with E-state index >= 15 is 0 Å². The molecule has 0 aliphatic heterocycles. The van der Waals surface area contributed by atoms with Gasteiger partial charge in [0, 0.05) is 18.5 Å². The lowest BCUT2D eigenvalue weighted by Gasteiger charge is -2.00. The number of rotatable bonds is 3. The number of para-hydroxylation sites is 1. The maximum absolute atomic E-state index is 9.77. The van der Waals surface area contributed by atoms with Gasteiger partial charge in [-0.3, -0.25) is 0 Å². The second-order valence-electron chi connectivity index (χ2n) is 4.32. The minimum Gasteiger partial charge on any atom is -0.508 e. The number of fused-ring (bicyclic) bond motifs is 1. The molecule has 0 atom stereocenters. The number of nitrogens with two attached hydrogens (primary N) is 1. The van der Waals surface area contributed by atoms with E-state index in [1.54, 1.807) is 16.6 Å². The van der Waals surface area contributed by atoms with Gasteiger partial charge in [-0.1, -0.05) is 24.3 Å². The Morgan fingerprint density at radius 2 is 1.95 bits per heavy atom. The summed E-state index contributed by atoms with van der Waals surface area (Å²) in [4.78, 5) is 4.44. The van der Waals surface area contributed by atoms with Gasteiger partial charge in [0.05, 0.1) is 5.69 Å². The van der Waals surface area contributed by atoms with Crippen LogP contribution in [-0.4, -0.2) is 19.7 Å². The van der Waals surface area contributed by atoms with Crippen LogP contribution in [0.4, 0.5) is 0 Å². The largest absolute Gasteiger partial charge is 0.508 e. The first-order valence-electron chi connectivity index (χ1n) is 6.08. The number of aromatic nitrogens is 3. The van der Waals surface area contributed by atoms with Crippen LogP contribution in [0.1, 0.15) is 17.1 Å². The van der Waals surface area contributed by atoms with E-state index in [1.807, 2.05) is 30.3 Å². The zero-order valence-corrected chi connectivity index (χ0v) is 10.3. The molecule has 0 spiro atoms. The van der Waals surface area contributed by atoms with E-state index in [4.69, 9.17) is 5.73 Å². The van der Waals surface area contributed by atoms with E-state index in [9.17, 15) is 5.11 Å². The number of benzene rings is 1. The van der Waals surface area contributed by atoms with Gasteiger partial charge in [0.1, 0.15) is 5.75 Å². The van der Waals surface area contributed by atoms with Crippen LogP contribution in [0.15, 0.2) is 42.5 Å². The molecule has 3 N–H and O–H groups in total. The number of phenols is 1. The Kier molecular flexibility index (Phi) is 2.89. The van der Waals surface area contributed by atoms with E-state index in [2.05, 4.69) is 10.1 Å². The molecule has 2 aromatic heterocycles. The molecule has 2 heterocycles. The van der Waals surface area contributed by atoms with E-state index in [0.717, 1.165) is 16.9 Å². The molecule has 0 saturated heterocycles. The molecule has 0 saturated carbocycles. The summed E-state index contributed by atoms with van der Waals surface area (Å²) in [6, 6.07) is 12.9. The average molecular weight is 254 g/mol. The molecule has 5 heteroatoms. The van der Waals surface area contributed by atoms with Gasteiger partial charge in [0.15, 0.2) is 11.5 Å². The Bertz CT molecular complexity index is 720. The van der Waals surface area contributed by atoms with E-state index in [-0.39, 0.29) is 5.75 Å². The third-order valence-electron chi connectivity index (χ3n) is 3.03. The number of phenolic OH excluding ortho intramolecular Hbond substituents is 1. The van der Waals surface area contributed by atoms with Gasteiger partial charge in [-0.05, 0) is 18.2 Å². The predicted molar refractivity (Wildman–Crippen MR) is 71.8 cm³/mol. The number of nitrogens with zero attached hydrogens (tertiary/aromatic N) is 3. The predicted octanol–water partition coefficient (Wildman–Crippen LogP) is 1.48. The first-order valence-corrected chi connectivity index (χ1v) is 6.08. The fourth-order valence-electron chi connectivity index (χ4n) is 2.06. The molecule has 0 aliphatic rings. The van der Waals surface area contributed by atoms with Crippen LogP contribution in [0.25, 0.3) is 5.65 Å². The Morgan fingerprint density at radius 3 is 2.74 bits per heavy atom. The van der Waals surface area contributed by atoms with E-state index < -0.39 is 0 Å². The first kappa shape index (κ1) is 11.7. The molecule has 0 radical (unpaired) electrons. The van der Waals surface area contributed by atoms with Gasteiger partial charge in [-0.25, -0.2) is 9.50 Å². The third-order valence-corrected chi connectivity index (χ3v) is 3.03. The lowest BCUT2D eigenvalue weighted by molar-refractivity contribution is 0.469. The molecule has 1 aromatic carbocycles. The van der Waals surface area contributed by atoms with Crippen LogP contribution in [-0.2, 0) is 13.0 Å². The van der Waals surface area contributed by atoms with Crippen LogP contribution in [0.2, 0.25) is 0 Å². The summed E-state index contributed by atoms with van der Waals surface area (Å²) < 4.78 is 1.75. The van der Waals surface area contributed by atoms with Gasteiger partial charge in [0.25, 0.3) is 0 Å². The van der Waals surface area contributed by atoms with Gasteiger partial charge in [0.2, 0.25) is 0 Å². The highest BCUT2D eigenvalue weighted by atomic mass is 16.3. The fraction of sp³-hybridized carbons (Fsp3) is 0.143. The highest BCUT2D eigenvalue weighted by Gasteiger charge is 2.09. The molecule has 0 unspecified atom stereocenters. The molecular weight excluding hydrogens is 240 g/mol. The van der Waals surface area contributed by atoms with Gasteiger partial charge in [-0.2, -0.15) is 5.10 Å². The minimum absolute atomic E-state index is 0.264. The van der Waals surface area contributed by atoms with Gasteiger partial charge in [-0.15, -0.1) is 0 Å². The van der Waals surface area contributed by atoms with Crippen LogP contribution >= 0.6 is 0 Å². The molecule has 96 valence electrons. The molecule has 3 rings (SSSR count). The van der Waals surface area contributed by atoms with Gasteiger partial charge < -0.3 is 10.8 Å². The summed E-state index contributed by atoms with van der Waals surface area (Å²) in [7, 11) is 0. The van der Waals surface area contributed by atoms with Crippen LogP contribution in [0, 0.1) is 0 Å². The zero-order valence-electron chi connectivity index (χ0n) is 10.3. The summed E-state index contributed by atoms with van der Waals surface area (Å²) in [6.45, 7) is 0.413. The van der Waals surface area contributed by atoms with Crippen molar-refractivity contribution in [1.82, 2.24) is 14.6 Å². The lowest BCUT2D eigenvalue weighted by Crippen LogP contribution is -2.04. The SMILES string of the molecule is NCc1cccc2nc(Cc3ccccc3O)nn12. The zero-order chi connectivity index (χ0) is 13.2. The smallest absolute Gasteiger partial charge is 0.156 e. The average Bonchev–Trinajstić information content (AvgIpc) is 2.83. The molecule has 0 fully saturated rings. The van der Waals surface area contributed by atoms with Crippen molar-refractivity contribution >= 4 is 5.65 Å². The lowest BCUT2D eigenvalue weighted by atomic mass is 10.1. The Balaban J connectivity index is 2.00. The summed E-state index contributed by atoms with van der Waals surface area (Å²) in [5.74, 6) is 0.933. The molecule has 0 bridgehead atoms. The Labute approximate surface area is 110 Å². The summed E-state index contributed by atoms with van der Waals surface area (Å²) >= 11 is 0. The molecular formula is C14H14N4O. The molecule has 0 aliphatic carbocycles. The topological polar surface area (TPSA) is 76.4 Å². The normalized spacial score (nSPS) is 11.0. The first-order chi connectivity index (χ1) is 9.28. The number of hydrogen-bond acceptors (Lipinski definition) is 4. The second kappa shape index (κ2) is 4.70. The molecule has 3 aromatic rings. The highest BCUT2D eigenvalue weighted by Crippen LogP contribution is 2.18. The molecule has 5 nitrogen and oxygen atoms in total. The van der Waals surface area contributed by atoms with Crippen LogP contribution < -0.4 is 5.73 Å². The Hall–Kier alpha value is -2.40. The van der Waals surface area contributed by atoms with Gasteiger partial charge >= 0.3 is 0 Å². The Morgan fingerprint density at radius 1 is 1.11 bits per heavy atom. The maximum Gasteiger partial charge on any atom is 0.156 e. The van der Waals surface area contributed by atoms with Crippen molar-refractivity contribution in [3.05, 3.63) is 59.5 Å². The maximum atomic E-state index is 9.77. The van der Waals surface area contributed by atoms with Crippen molar-refractivity contribution in [2.45, 2.75) is 13.0 Å². The van der Waals surface area contributed by atoms with E-state index in [1.165, 1.54) is 0 Å². The fourth-order valence-corrected chi connectivity index (χ4v) is 2.06. The van der Waals surface area contributed by atoms with Crippen molar-refractivity contribution in [3.63, 3.8) is 0 Å². The highest BCUT2D eigenvalue weighted by molar-refractivity contribution is 5.40. The van der Waals surface area contributed by atoms with Crippen LogP contribution in [0.3, 0.4) is 0 Å². The monoisotopic (exact) mass is 254 g/mol. The number of pyridine rings is 1. The standard InChI is InChI=1S/C14H14N4O/c15-9-11-5-3-7-14-16-13(17-18(11)14)8-10-4-1-2-6-12(10)19/h1-7,19H,8-9,15H2. The second-order valence-corrected chi connectivity index (χ2v) is 4.32. The van der Waals surface area contributed by atoms with Crippen molar-refractivity contribution in [1.29, 1.82) is 0 Å². The van der Waals surface area contributed by atoms with Crippen molar-refractivity contribution in [2.75, 3.05) is 0 Å². The van der Waals surface area contributed by atoms with Crippen molar-refractivity contribution < 1.29 is 5.11 Å². The molecule has 0 amide bonds.